The Balaban J connectivity index is 2.42. The van der Waals surface area contributed by atoms with Gasteiger partial charge >= 0.3 is 0 Å². The molecule has 0 radical (unpaired) electrons. The van der Waals surface area contributed by atoms with Crippen molar-refractivity contribution < 1.29 is 14.2 Å². The molecule has 0 unspecified atom stereocenters. The Kier molecular flexibility index (Phi) is 3.88. The Hall–Kier alpha value is -1.68. The van der Waals surface area contributed by atoms with Gasteiger partial charge in [-0.15, -0.1) is 0 Å². The van der Waals surface area contributed by atoms with E-state index < -0.39 is 0 Å². The predicted octanol–water partition coefficient (Wildman–Crippen LogP) is 1.83. The number of ether oxygens (including phenoxy) is 3. The lowest BCUT2D eigenvalue weighted by atomic mass is 10.1. The average Bonchev–Trinajstić information content (AvgIpc) is 2.60. The number of methoxy groups -OCH3 is 1. The van der Waals surface area contributed by atoms with Gasteiger partial charge in [0.1, 0.15) is 0 Å². The van der Waals surface area contributed by atoms with E-state index in [0.717, 1.165) is 17.7 Å². The molecule has 2 N–H and O–H groups in total. The van der Waals surface area contributed by atoms with Crippen molar-refractivity contribution in [3.63, 3.8) is 0 Å². The second-order valence-corrected chi connectivity index (χ2v) is 3.70. The van der Waals surface area contributed by atoms with Crippen LogP contribution in [0.1, 0.15) is 12.0 Å². The van der Waals surface area contributed by atoms with Gasteiger partial charge in [0.05, 0.1) is 20.3 Å². The first-order valence-electron chi connectivity index (χ1n) is 5.70. The zero-order valence-corrected chi connectivity index (χ0v) is 9.94. The van der Waals surface area contributed by atoms with Gasteiger partial charge in [0.2, 0.25) is 5.75 Å². The maximum atomic E-state index is 5.68. The van der Waals surface area contributed by atoms with Crippen molar-refractivity contribution >= 4 is 6.08 Å². The van der Waals surface area contributed by atoms with Crippen LogP contribution in [-0.4, -0.2) is 26.9 Å². The molecule has 0 saturated heterocycles. The van der Waals surface area contributed by atoms with Gasteiger partial charge in [-0.1, -0.05) is 12.2 Å². The Morgan fingerprint density at radius 2 is 2.18 bits per heavy atom. The van der Waals surface area contributed by atoms with Crippen molar-refractivity contribution in [2.24, 2.45) is 5.73 Å². The third-order valence-electron chi connectivity index (χ3n) is 2.54. The zero-order chi connectivity index (χ0) is 12.1. The van der Waals surface area contributed by atoms with E-state index in [-0.39, 0.29) is 0 Å². The van der Waals surface area contributed by atoms with E-state index in [4.69, 9.17) is 19.9 Å². The van der Waals surface area contributed by atoms with Crippen LogP contribution in [0.2, 0.25) is 0 Å². The molecule has 1 aliphatic rings. The molecule has 1 aromatic carbocycles. The number of fused-ring (bicyclic) bond motifs is 1. The largest absolute Gasteiger partial charge is 0.492 e. The predicted molar refractivity (Wildman–Crippen MR) is 66.7 cm³/mol. The molecule has 1 heterocycles. The van der Waals surface area contributed by atoms with E-state index in [2.05, 4.69) is 0 Å². The molecule has 0 bridgehead atoms. The lowest BCUT2D eigenvalue weighted by Crippen LogP contribution is -1.99. The number of rotatable bonds is 3. The minimum absolute atomic E-state index is 0.498. The van der Waals surface area contributed by atoms with Gasteiger partial charge in [-0.3, -0.25) is 0 Å². The molecule has 4 nitrogen and oxygen atoms in total. The maximum Gasteiger partial charge on any atom is 0.204 e. The number of benzene rings is 1. The molecule has 1 aliphatic heterocycles. The number of hydrogen-bond donors (Lipinski definition) is 1. The van der Waals surface area contributed by atoms with Crippen molar-refractivity contribution in [3.8, 4) is 17.2 Å². The summed E-state index contributed by atoms with van der Waals surface area (Å²) in [4.78, 5) is 0. The lowest BCUT2D eigenvalue weighted by Gasteiger charge is -2.13. The second-order valence-electron chi connectivity index (χ2n) is 3.70. The molecule has 92 valence electrons. The Morgan fingerprint density at radius 3 is 2.94 bits per heavy atom. The van der Waals surface area contributed by atoms with Crippen molar-refractivity contribution in [2.45, 2.75) is 6.42 Å². The summed E-state index contributed by atoms with van der Waals surface area (Å²) in [5.74, 6) is 2.13. The average molecular weight is 235 g/mol. The van der Waals surface area contributed by atoms with Crippen LogP contribution < -0.4 is 19.9 Å². The highest BCUT2D eigenvalue weighted by Crippen LogP contribution is 2.41. The highest BCUT2D eigenvalue weighted by Gasteiger charge is 2.17. The van der Waals surface area contributed by atoms with E-state index in [9.17, 15) is 0 Å². The Bertz CT molecular complexity index is 415. The number of nitrogens with two attached hydrogens (primary N) is 1. The molecule has 0 spiro atoms. The van der Waals surface area contributed by atoms with Crippen LogP contribution in [0.25, 0.3) is 6.08 Å². The normalized spacial score (nSPS) is 14.7. The van der Waals surface area contributed by atoms with Gasteiger partial charge in [0.15, 0.2) is 11.5 Å². The zero-order valence-electron chi connectivity index (χ0n) is 9.94. The summed E-state index contributed by atoms with van der Waals surface area (Å²) in [6.07, 6.45) is 4.68. The van der Waals surface area contributed by atoms with Gasteiger partial charge in [0.25, 0.3) is 0 Å². The summed E-state index contributed by atoms with van der Waals surface area (Å²) in [6.45, 7) is 1.82. The maximum absolute atomic E-state index is 5.68. The fourth-order valence-electron chi connectivity index (χ4n) is 1.76. The fraction of sp³-hybridized carbons (Fsp3) is 0.385. The highest BCUT2D eigenvalue weighted by molar-refractivity contribution is 5.66. The van der Waals surface area contributed by atoms with Gasteiger partial charge in [-0.2, -0.15) is 0 Å². The standard InChI is InChI=1S/C13H17NO3/c1-15-12-10(4-2-7-14)5-6-11-13(12)17-9-3-8-16-11/h2,4-6H,3,7-9,14H2,1H3/b4-2+. The summed E-state index contributed by atoms with van der Waals surface area (Å²) < 4.78 is 16.7. The summed E-state index contributed by atoms with van der Waals surface area (Å²) in [5.41, 5.74) is 6.39. The first kappa shape index (κ1) is 11.8. The molecular weight excluding hydrogens is 218 g/mol. The molecule has 0 fully saturated rings. The number of hydrogen-bond acceptors (Lipinski definition) is 4. The molecule has 4 heteroatoms. The third kappa shape index (κ3) is 2.53. The van der Waals surface area contributed by atoms with Crippen LogP contribution in [0.4, 0.5) is 0 Å². The SMILES string of the molecule is COc1c(/C=C/CN)ccc2c1OCCCO2. The monoisotopic (exact) mass is 235 g/mol. The molecule has 1 aromatic rings. The first-order valence-corrected chi connectivity index (χ1v) is 5.70. The van der Waals surface area contributed by atoms with Crippen LogP contribution in [0.5, 0.6) is 17.2 Å². The highest BCUT2D eigenvalue weighted by atomic mass is 16.5. The topological polar surface area (TPSA) is 53.7 Å². The molecule has 0 saturated carbocycles. The Morgan fingerprint density at radius 1 is 1.35 bits per heavy atom. The van der Waals surface area contributed by atoms with E-state index >= 15 is 0 Å². The third-order valence-corrected chi connectivity index (χ3v) is 2.54. The molecule has 0 aromatic heterocycles. The fourth-order valence-corrected chi connectivity index (χ4v) is 1.76. The minimum Gasteiger partial charge on any atom is -0.492 e. The molecule has 0 aliphatic carbocycles. The second kappa shape index (κ2) is 5.59. The van der Waals surface area contributed by atoms with E-state index in [1.807, 2.05) is 24.3 Å². The van der Waals surface area contributed by atoms with Crippen LogP contribution in [0, 0.1) is 0 Å². The van der Waals surface area contributed by atoms with Crippen molar-refractivity contribution in [1.29, 1.82) is 0 Å². The summed E-state index contributed by atoms with van der Waals surface area (Å²) >= 11 is 0. The van der Waals surface area contributed by atoms with Crippen LogP contribution in [0.3, 0.4) is 0 Å². The quantitative estimate of drug-likeness (QED) is 0.868. The van der Waals surface area contributed by atoms with Crippen molar-refractivity contribution in [3.05, 3.63) is 23.8 Å². The molecule has 17 heavy (non-hydrogen) atoms. The van der Waals surface area contributed by atoms with E-state index in [0.29, 0.717) is 31.3 Å². The van der Waals surface area contributed by atoms with E-state index in [1.54, 1.807) is 7.11 Å². The molecular formula is C13H17NO3. The minimum atomic E-state index is 0.498. The molecule has 0 atom stereocenters. The first-order chi connectivity index (χ1) is 8.36. The molecule has 0 amide bonds. The van der Waals surface area contributed by atoms with Gasteiger partial charge in [0, 0.05) is 18.5 Å². The smallest absolute Gasteiger partial charge is 0.204 e. The summed E-state index contributed by atoms with van der Waals surface area (Å²) in [5, 5.41) is 0. The molecule has 2 rings (SSSR count). The summed E-state index contributed by atoms with van der Waals surface area (Å²) in [6, 6.07) is 3.85. The Labute approximate surface area is 101 Å². The van der Waals surface area contributed by atoms with Gasteiger partial charge < -0.3 is 19.9 Å². The van der Waals surface area contributed by atoms with Crippen LogP contribution in [-0.2, 0) is 0 Å². The summed E-state index contributed by atoms with van der Waals surface area (Å²) in [7, 11) is 1.63. The van der Waals surface area contributed by atoms with Crippen molar-refractivity contribution in [1.82, 2.24) is 0 Å². The van der Waals surface area contributed by atoms with Gasteiger partial charge in [-0.25, -0.2) is 0 Å². The lowest BCUT2D eigenvalue weighted by molar-refractivity contribution is 0.289. The van der Waals surface area contributed by atoms with E-state index in [1.165, 1.54) is 0 Å². The van der Waals surface area contributed by atoms with Crippen LogP contribution in [0.15, 0.2) is 18.2 Å². The van der Waals surface area contributed by atoms with Gasteiger partial charge in [-0.05, 0) is 12.1 Å². The van der Waals surface area contributed by atoms with Crippen molar-refractivity contribution in [2.75, 3.05) is 26.9 Å². The van der Waals surface area contributed by atoms with Crippen LogP contribution >= 0.6 is 0 Å².